The molecule has 2 aromatic carbocycles. The maximum atomic E-state index is 12.4. The molecule has 0 aliphatic heterocycles. The number of amides is 1. The van der Waals surface area contributed by atoms with E-state index in [0.717, 1.165) is 9.69 Å². The number of carbonyl (C=O) groups excluding carboxylic acids is 1. The minimum atomic E-state index is -3.63. The monoisotopic (exact) mass is 399 g/mol. The molecule has 1 heterocycles. The van der Waals surface area contributed by atoms with Crippen LogP contribution < -0.4 is 10.9 Å². The maximum absolute atomic E-state index is 12.4. The molecule has 0 spiro atoms. The van der Waals surface area contributed by atoms with Gasteiger partial charge in [0.2, 0.25) is 15.9 Å². The zero-order valence-corrected chi connectivity index (χ0v) is 16.6. The first-order valence-corrected chi connectivity index (χ1v) is 10.1. The Balaban J connectivity index is 1.84. The molecule has 0 saturated carbocycles. The number of benzene rings is 2. The molecule has 0 fully saturated rings. The molecule has 1 aromatic heterocycles. The molecule has 7 nitrogen and oxygen atoms in total. The van der Waals surface area contributed by atoms with Crippen LogP contribution in [0.3, 0.4) is 0 Å². The number of carbonyl (C=O) groups is 1. The first-order valence-electron chi connectivity index (χ1n) is 8.62. The summed E-state index contributed by atoms with van der Waals surface area (Å²) < 4.78 is 26.0. The van der Waals surface area contributed by atoms with Crippen LogP contribution in [0.15, 0.2) is 58.2 Å². The highest BCUT2D eigenvalue weighted by Crippen LogP contribution is 2.22. The first kappa shape index (κ1) is 19.8. The van der Waals surface area contributed by atoms with Gasteiger partial charge in [0.1, 0.15) is 0 Å². The van der Waals surface area contributed by atoms with Crippen molar-refractivity contribution in [1.82, 2.24) is 9.29 Å². The molecule has 0 unspecified atom stereocenters. The third-order valence-electron chi connectivity index (χ3n) is 4.41. The van der Waals surface area contributed by atoms with Crippen molar-refractivity contribution in [2.75, 3.05) is 19.4 Å². The minimum absolute atomic E-state index is 0.121. The van der Waals surface area contributed by atoms with Gasteiger partial charge in [0.05, 0.1) is 11.3 Å². The number of aromatic amines is 1. The van der Waals surface area contributed by atoms with Crippen molar-refractivity contribution in [2.45, 2.75) is 18.2 Å². The van der Waals surface area contributed by atoms with Crippen LogP contribution in [-0.4, -0.2) is 37.7 Å². The van der Waals surface area contributed by atoms with Crippen LogP contribution in [-0.2, 0) is 21.2 Å². The summed E-state index contributed by atoms with van der Waals surface area (Å²) in [7, 11) is -0.728. The lowest BCUT2D eigenvalue weighted by atomic mass is 10.1. The SMILES string of the molecule is Cc1ccc(NC(=O)Cc2cc3ccccc3[nH]c2=O)cc1S(=O)(=O)N(C)C. The second-order valence-electron chi connectivity index (χ2n) is 6.70. The summed E-state index contributed by atoms with van der Waals surface area (Å²) in [5.74, 6) is -0.405. The number of anilines is 1. The molecule has 3 rings (SSSR count). The van der Waals surface area contributed by atoms with Crippen LogP contribution in [0, 0.1) is 6.92 Å². The fraction of sp³-hybridized carbons (Fsp3) is 0.200. The predicted molar refractivity (Wildman–Crippen MR) is 109 cm³/mol. The number of pyridine rings is 1. The van der Waals surface area contributed by atoms with Gasteiger partial charge in [0.15, 0.2) is 0 Å². The van der Waals surface area contributed by atoms with E-state index < -0.39 is 15.9 Å². The largest absolute Gasteiger partial charge is 0.326 e. The van der Waals surface area contributed by atoms with Gasteiger partial charge in [0.25, 0.3) is 5.56 Å². The quantitative estimate of drug-likeness (QED) is 0.687. The molecule has 146 valence electrons. The molecule has 3 aromatic rings. The van der Waals surface area contributed by atoms with Gasteiger partial charge in [-0.2, -0.15) is 0 Å². The molecular formula is C20H21N3O4S. The van der Waals surface area contributed by atoms with E-state index in [4.69, 9.17) is 0 Å². The van der Waals surface area contributed by atoms with Crippen LogP contribution in [0.4, 0.5) is 5.69 Å². The zero-order chi connectivity index (χ0) is 20.5. The molecule has 0 bridgehead atoms. The number of sulfonamides is 1. The predicted octanol–water partition coefficient (Wildman–Crippen LogP) is 2.27. The number of hydrogen-bond donors (Lipinski definition) is 2. The van der Waals surface area contributed by atoms with E-state index in [1.54, 1.807) is 31.2 Å². The number of rotatable bonds is 5. The Kier molecular flexibility index (Phi) is 5.35. The number of para-hydroxylation sites is 1. The van der Waals surface area contributed by atoms with Gasteiger partial charge in [0, 0.05) is 30.9 Å². The standard InChI is InChI=1S/C20H21N3O4S/c1-13-8-9-16(12-18(13)28(26,27)23(2)3)21-19(24)11-15-10-14-6-4-5-7-17(14)22-20(15)25/h4-10,12H,11H2,1-3H3,(H,21,24)(H,22,25). The van der Waals surface area contributed by atoms with Gasteiger partial charge in [-0.1, -0.05) is 24.3 Å². The summed E-state index contributed by atoms with van der Waals surface area (Å²) in [6.07, 6.45) is -0.121. The number of fused-ring (bicyclic) bond motifs is 1. The Morgan fingerprint density at radius 1 is 1.11 bits per heavy atom. The average Bonchev–Trinajstić information content (AvgIpc) is 2.63. The van der Waals surface area contributed by atoms with E-state index >= 15 is 0 Å². The van der Waals surface area contributed by atoms with E-state index in [2.05, 4.69) is 10.3 Å². The number of H-pyrrole nitrogens is 1. The van der Waals surface area contributed by atoms with Gasteiger partial charge in [-0.25, -0.2) is 12.7 Å². The summed E-state index contributed by atoms with van der Waals surface area (Å²) in [5.41, 5.74) is 1.65. The fourth-order valence-corrected chi connectivity index (χ4v) is 4.00. The summed E-state index contributed by atoms with van der Waals surface area (Å²) in [6.45, 7) is 1.69. The molecule has 0 atom stereocenters. The number of hydrogen-bond acceptors (Lipinski definition) is 4. The lowest BCUT2D eigenvalue weighted by Crippen LogP contribution is -2.24. The van der Waals surface area contributed by atoms with Crippen LogP contribution >= 0.6 is 0 Å². The lowest BCUT2D eigenvalue weighted by molar-refractivity contribution is -0.115. The van der Waals surface area contributed by atoms with Gasteiger partial charge >= 0.3 is 0 Å². The summed E-state index contributed by atoms with van der Waals surface area (Å²) in [5, 5.41) is 3.50. The molecule has 28 heavy (non-hydrogen) atoms. The van der Waals surface area contributed by atoms with Crippen molar-refractivity contribution in [2.24, 2.45) is 0 Å². The van der Waals surface area contributed by atoms with Crippen LogP contribution in [0.2, 0.25) is 0 Å². The lowest BCUT2D eigenvalue weighted by Gasteiger charge is -2.15. The van der Waals surface area contributed by atoms with Crippen molar-refractivity contribution in [3.63, 3.8) is 0 Å². The highest BCUT2D eigenvalue weighted by atomic mass is 32.2. The van der Waals surface area contributed by atoms with E-state index in [-0.39, 0.29) is 16.9 Å². The first-order chi connectivity index (χ1) is 13.2. The van der Waals surface area contributed by atoms with Crippen LogP contribution in [0.25, 0.3) is 10.9 Å². The third kappa shape index (κ3) is 3.97. The number of nitrogens with zero attached hydrogens (tertiary/aromatic N) is 1. The molecule has 0 saturated heterocycles. The van der Waals surface area contributed by atoms with E-state index in [9.17, 15) is 18.0 Å². The van der Waals surface area contributed by atoms with Crippen molar-refractivity contribution < 1.29 is 13.2 Å². The van der Waals surface area contributed by atoms with Gasteiger partial charge in [-0.3, -0.25) is 9.59 Å². The molecule has 0 aliphatic rings. The van der Waals surface area contributed by atoms with Gasteiger partial charge in [-0.05, 0) is 42.1 Å². The van der Waals surface area contributed by atoms with E-state index in [1.165, 1.54) is 20.2 Å². The van der Waals surface area contributed by atoms with E-state index in [1.807, 2.05) is 18.2 Å². The Morgan fingerprint density at radius 3 is 2.54 bits per heavy atom. The third-order valence-corrected chi connectivity index (χ3v) is 6.37. The highest BCUT2D eigenvalue weighted by Gasteiger charge is 2.20. The fourth-order valence-electron chi connectivity index (χ4n) is 2.85. The smallest absolute Gasteiger partial charge is 0.252 e. The topological polar surface area (TPSA) is 99.3 Å². The molecule has 1 amide bonds. The molecular weight excluding hydrogens is 378 g/mol. The molecule has 0 aliphatic carbocycles. The number of aromatic nitrogens is 1. The summed E-state index contributed by atoms with van der Waals surface area (Å²) in [4.78, 5) is 27.5. The second kappa shape index (κ2) is 7.57. The van der Waals surface area contributed by atoms with Crippen LogP contribution in [0.5, 0.6) is 0 Å². The maximum Gasteiger partial charge on any atom is 0.252 e. The average molecular weight is 399 g/mol. The van der Waals surface area contributed by atoms with Crippen molar-refractivity contribution >= 4 is 32.5 Å². The Morgan fingerprint density at radius 2 is 1.82 bits per heavy atom. The number of aryl methyl sites for hydroxylation is 1. The van der Waals surface area contributed by atoms with Gasteiger partial charge < -0.3 is 10.3 Å². The second-order valence-corrected chi connectivity index (χ2v) is 8.82. The Bertz CT molecular complexity index is 1210. The molecule has 2 N–H and O–H groups in total. The molecule has 8 heteroatoms. The molecule has 0 radical (unpaired) electrons. The minimum Gasteiger partial charge on any atom is -0.326 e. The van der Waals surface area contributed by atoms with Crippen molar-refractivity contribution in [3.05, 3.63) is 70.0 Å². The summed E-state index contributed by atoms with van der Waals surface area (Å²) in [6, 6.07) is 13.7. The van der Waals surface area contributed by atoms with E-state index in [0.29, 0.717) is 22.3 Å². The number of nitrogens with one attached hydrogen (secondary N) is 2. The van der Waals surface area contributed by atoms with Gasteiger partial charge in [-0.15, -0.1) is 0 Å². The summed E-state index contributed by atoms with van der Waals surface area (Å²) >= 11 is 0. The normalized spacial score (nSPS) is 11.7. The highest BCUT2D eigenvalue weighted by molar-refractivity contribution is 7.89. The van der Waals surface area contributed by atoms with Crippen molar-refractivity contribution in [3.8, 4) is 0 Å². The zero-order valence-electron chi connectivity index (χ0n) is 15.8. The van der Waals surface area contributed by atoms with Crippen LogP contribution in [0.1, 0.15) is 11.1 Å². The Labute approximate surface area is 163 Å². The van der Waals surface area contributed by atoms with Crippen molar-refractivity contribution in [1.29, 1.82) is 0 Å². The Hall–Kier alpha value is -2.97.